The molecule has 1 aromatic carbocycles. The molecule has 0 aromatic heterocycles. The summed E-state index contributed by atoms with van der Waals surface area (Å²) in [6, 6.07) is 4.64. The summed E-state index contributed by atoms with van der Waals surface area (Å²) in [6.45, 7) is 0.0267. The molecule has 4 N–H and O–H groups in total. The van der Waals surface area contributed by atoms with Crippen LogP contribution < -0.4 is 10.5 Å². The molecular weight excluding hydrogens is 320 g/mol. The Kier molecular flexibility index (Phi) is 3.96. The van der Waals surface area contributed by atoms with Crippen molar-refractivity contribution in [1.29, 1.82) is 0 Å². The van der Waals surface area contributed by atoms with Crippen LogP contribution in [0, 0.1) is 5.92 Å². The highest BCUT2D eigenvalue weighted by Gasteiger charge is 2.30. The second kappa shape index (κ2) is 5.16. The number of nitrogen functional groups attached to an aromatic ring is 1. The van der Waals surface area contributed by atoms with Crippen molar-refractivity contribution in [2.45, 2.75) is 23.8 Å². The van der Waals surface area contributed by atoms with Crippen LogP contribution in [0.2, 0.25) is 0 Å². The molecule has 18 heavy (non-hydrogen) atoms. The molecule has 7 heteroatoms. The quantitative estimate of drug-likeness (QED) is 0.702. The fourth-order valence-electron chi connectivity index (χ4n) is 1.66. The second-order valence-electron chi connectivity index (χ2n) is 4.44. The number of rotatable bonds is 5. The maximum Gasteiger partial charge on any atom is 0.242 e. The molecule has 2 rings (SSSR count). The summed E-state index contributed by atoms with van der Waals surface area (Å²) < 4.78 is 27.1. The van der Waals surface area contributed by atoms with Crippen molar-refractivity contribution >= 4 is 31.6 Å². The van der Waals surface area contributed by atoms with E-state index in [9.17, 15) is 13.5 Å². The largest absolute Gasteiger partial charge is 0.398 e. The molecule has 5 nitrogen and oxygen atoms in total. The van der Waals surface area contributed by atoms with Gasteiger partial charge < -0.3 is 10.8 Å². The Bertz CT molecular complexity index is 543. The van der Waals surface area contributed by atoms with Gasteiger partial charge in [0.15, 0.2) is 0 Å². The van der Waals surface area contributed by atoms with Gasteiger partial charge in [0, 0.05) is 11.0 Å². The Labute approximate surface area is 115 Å². The topological polar surface area (TPSA) is 92.4 Å². The van der Waals surface area contributed by atoms with Crippen LogP contribution in [0.25, 0.3) is 0 Å². The Morgan fingerprint density at radius 2 is 2.17 bits per heavy atom. The molecule has 1 fully saturated rings. The number of nitrogens with two attached hydrogens (primary N) is 1. The van der Waals surface area contributed by atoms with E-state index >= 15 is 0 Å². The van der Waals surface area contributed by atoms with Crippen molar-refractivity contribution in [3.63, 3.8) is 0 Å². The smallest absolute Gasteiger partial charge is 0.242 e. The Balaban J connectivity index is 2.11. The van der Waals surface area contributed by atoms with Gasteiger partial charge in [0.05, 0.1) is 11.8 Å². The molecule has 1 aliphatic carbocycles. The molecule has 0 saturated heterocycles. The summed E-state index contributed by atoms with van der Waals surface area (Å²) >= 11 is 3.20. The van der Waals surface area contributed by atoms with Gasteiger partial charge in [-0.05, 0) is 37.0 Å². The first kappa shape index (κ1) is 13.8. The molecule has 1 unspecified atom stereocenters. The van der Waals surface area contributed by atoms with E-state index in [1.165, 1.54) is 12.1 Å². The van der Waals surface area contributed by atoms with Gasteiger partial charge in [0.25, 0.3) is 0 Å². The minimum Gasteiger partial charge on any atom is -0.398 e. The maximum atomic E-state index is 12.0. The van der Waals surface area contributed by atoms with E-state index < -0.39 is 16.1 Å². The van der Waals surface area contributed by atoms with Gasteiger partial charge in [-0.2, -0.15) is 0 Å². The minimum absolute atomic E-state index is 0.0267. The second-order valence-corrected chi connectivity index (χ2v) is 7.09. The van der Waals surface area contributed by atoms with Crippen LogP contribution in [0.4, 0.5) is 5.69 Å². The first-order valence-corrected chi connectivity index (χ1v) is 7.90. The normalized spacial score (nSPS) is 17.7. The van der Waals surface area contributed by atoms with Crippen LogP contribution in [0.5, 0.6) is 0 Å². The van der Waals surface area contributed by atoms with E-state index in [2.05, 4.69) is 20.7 Å². The number of aliphatic hydroxyl groups excluding tert-OH is 1. The van der Waals surface area contributed by atoms with Crippen molar-refractivity contribution in [1.82, 2.24) is 4.72 Å². The molecule has 0 radical (unpaired) electrons. The lowest BCUT2D eigenvalue weighted by molar-refractivity contribution is 0.155. The standard InChI is InChI=1S/C11H15BrN2O3S/c12-8-3-4-9(13)11(5-8)18(16,17)14-6-10(15)7-1-2-7/h3-5,7,10,14-15H,1-2,6,13H2. The van der Waals surface area contributed by atoms with E-state index in [0.29, 0.717) is 4.47 Å². The summed E-state index contributed by atoms with van der Waals surface area (Å²) in [6.07, 6.45) is 1.30. The molecule has 1 aliphatic rings. The summed E-state index contributed by atoms with van der Waals surface area (Å²) in [4.78, 5) is 0.0277. The van der Waals surface area contributed by atoms with E-state index in [1.54, 1.807) is 6.07 Å². The predicted octanol–water partition coefficient (Wildman–Crippen LogP) is 1.08. The molecule has 0 amide bonds. The maximum absolute atomic E-state index is 12.0. The highest BCUT2D eigenvalue weighted by atomic mass is 79.9. The lowest BCUT2D eigenvalue weighted by Gasteiger charge is -2.12. The molecule has 0 heterocycles. The van der Waals surface area contributed by atoms with Crippen molar-refractivity contribution in [3.05, 3.63) is 22.7 Å². The number of halogens is 1. The highest BCUT2D eigenvalue weighted by Crippen LogP contribution is 2.32. The van der Waals surface area contributed by atoms with Crippen molar-refractivity contribution in [2.75, 3.05) is 12.3 Å². The SMILES string of the molecule is Nc1ccc(Br)cc1S(=O)(=O)NCC(O)C1CC1. The molecule has 0 bridgehead atoms. The number of nitrogens with one attached hydrogen (secondary N) is 1. The third-order valence-corrected chi connectivity index (χ3v) is 4.89. The third-order valence-electron chi connectivity index (χ3n) is 2.91. The number of hydrogen-bond donors (Lipinski definition) is 3. The van der Waals surface area contributed by atoms with Crippen LogP contribution >= 0.6 is 15.9 Å². The van der Waals surface area contributed by atoms with Gasteiger partial charge in [0.2, 0.25) is 10.0 Å². The van der Waals surface area contributed by atoms with Crippen LogP contribution in [0.1, 0.15) is 12.8 Å². The number of benzene rings is 1. The number of hydrogen-bond acceptors (Lipinski definition) is 4. The van der Waals surface area contributed by atoms with Crippen LogP contribution in [-0.2, 0) is 10.0 Å². The average Bonchev–Trinajstić information content (AvgIpc) is 3.13. The van der Waals surface area contributed by atoms with E-state index in [4.69, 9.17) is 5.73 Å². The van der Waals surface area contributed by atoms with Gasteiger partial charge in [-0.1, -0.05) is 15.9 Å². The zero-order valence-electron chi connectivity index (χ0n) is 9.64. The Morgan fingerprint density at radius 1 is 1.50 bits per heavy atom. The molecule has 100 valence electrons. The molecule has 1 saturated carbocycles. The predicted molar refractivity (Wildman–Crippen MR) is 72.5 cm³/mol. The summed E-state index contributed by atoms with van der Waals surface area (Å²) in [5.74, 6) is 0.229. The van der Waals surface area contributed by atoms with Crippen molar-refractivity contribution in [2.24, 2.45) is 5.92 Å². The van der Waals surface area contributed by atoms with Gasteiger partial charge >= 0.3 is 0 Å². The van der Waals surface area contributed by atoms with Gasteiger partial charge in [-0.15, -0.1) is 0 Å². The Hall–Kier alpha value is -0.630. The number of aliphatic hydroxyl groups is 1. The van der Waals surface area contributed by atoms with Gasteiger partial charge in [0.1, 0.15) is 4.90 Å². The van der Waals surface area contributed by atoms with Crippen LogP contribution in [0.3, 0.4) is 0 Å². The molecule has 1 atom stereocenters. The van der Waals surface area contributed by atoms with Crippen LogP contribution in [0.15, 0.2) is 27.6 Å². The molecule has 0 spiro atoms. The lowest BCUT2D eigenvalue weighted by Crippen LogP contribution is -2.33. The number of anilines is 1. The van der Waals surface area contributed by atoms with Crippen LogP contribution in [-0.4, -0.2) is 26.2 Å². The molecular formula is C11H15BrN2O3S. The summed E-state index contributed by atoms with van der Waals surface area (Å²) in [5.41, 5.74) is 5.84. The highest BCUT2D eigenvalue weighted by molar-refractivity contribution is 9.10. The summed E-state index contributed by atoms with van der Waals surface area (Å²) in [5, 5.41) is 9.66. The lowest BCUT2D eigenvalue weighted by atomic mass is 10.2. The Morgan fingerprint density at radius 3 is 2.78 bits per heavy atom. The fourth-order valence-corrected chi connectivity index (χ4v) is 3.38. The zero-order chi connectivity index (χ0) is 13.3. The monoisotopic (exact) mass is 334 g/mol. The fraction of sp³-hybridized carbons (Fsp3) is 0.455. The van der Waals surface area contributed by atoms with Crippen molar-refractivity contribution in [3.8, 4) is 0 Å². The van der Waals surface area contributed by atoms with E-state index in [-0.39, 0.29) is 23.0 Å². The zero-order valence-corrected chi connectivity index (χ0v) is 12.0. The summed E-state index contributed by atoms with van der Waals surface area (Å²) in [7, 11) is -3.68. The third kappa shape index (κ3) is 3.23. The molecule has 0 aliphatic heterocycles. The van der Waals surface area contributed by atoms with Crippen molar-refractivity contribution < 1.29 is 13.5 Å². The van der Waals surface area contributed by atoms with Gasteiger partial charge in [-0.3, -0.25) is 0 Å². The number of sulfonamides is 1. The van der Waals surface area contributed by atoms with E-state index in [1.807, 2.05) is 0 Å². The van der Waals surface area contributed by atoms with E-state index in [0.717, 1.165) is 12.8 Å². The van der Waals surface area contributed by atoms with Gasteiger partial charge in [-0.25, -0.2) is 13.1 Å². The molecule has 1 aromatic rings. The minimum atomic E-state index is -3.68. The average molecular weight is 335 g/mol. The first-order chi connectivity index (χ1) is 8.40. The first-order valence-electron chi connectivity index (χ1n) is 5.63.